The molecule has 2 amide bonds. The SMILES string of the molecule is CCSC(=N)NC(=O)N1CCCC1. The second-order valence-corrected chi connectivity index (χ2v) is 4.16. The number of thioether (sulfide) groups is 1. The van der Waals surface area contributed by atoms with Gasteiger partial charge in [-0.25, -0.2) is 4.79 Å². The Kier molecular flexibility index (Phi) is 4.08. The molecule has 1 aliphatic rings. The Bertz CT molecular complexity index is 202. The van der Waals surface area contributed by atoms with E-state index in [2.05, 4.69) is 5.32 Å². The Morgan fingerprint density at radius 3 is 2.69 bits per heavy atom. The van der Waals surface area contributed by atoms with Crippen LogP contribution < -0.4 is 5.32 Å². The van der Waals surface area contributed by atoms with Crippen LogP contribution in [-0.2, 0) is 0 Å². The minimum absolute atomic E-state index is 0.122. The fourth-order valence-electron chi connectivity index (χ4n) is 1.28. The van der Waals surface area contributed by atoms with Crippen molar-refractivity contribution in [2.75, 3.05) is 18.8 Å². The van der Waals surface area contributed by atoms with E-state index in [9.17, 15) is 4.79 Å². The molecule has 0 radical (unpaired) electrons. The number of amides is 2. The molecule has 1 rings (SSSR count). The van der Waals surface area contributed by atoms with Gasteiger partial charge in [-0.05, 0) is 18.6 Å². The molecule has 0 aromatic rings. The highest BCUT2D eigenvalue weighted by atomic mass is 32.2. The van der Waals surface area contributed by atoms with Gasteiger partial charge in [-0.15, -0.1) is 0 Å². The average molecular weight is 201 g/mol. The van der Waals surface area contributed by atoms with E-state index in [1.165, 1.54) is 11.8 Å². The van der Waals surface area contributed by atoms with Crippen LogP contribution in [0.25, 0.3) is 0 Å². The highest BCUT2D eigenvalue weighted by Crippen LogP contribution is 2.07. The number of rotatable bonds is 1. The van der Waals surface area contributed by atoms with Crippen LogP contribution in [-0.4, -0.2) is 34.9 Å². The zero-order valence-electron chi connectivity index (χ0n) is 7.80. The van der Waals surface area contributed by atoms with Gasteiger partial charge >= 0.3 is 6.03 Å². The van der Waals surface area contributed by atoms with Crippen molar-refractivity contribution in [2.45, 2.75) is 19.8 Å². The zero-order chi connectivity index (χ0) is 9.68. The number of nitrogens with zero attached hydrogens (tertiary/aromatic N) is 1. The van der Waals surface area contributed by atoms with Gasteiger partial charge in [0.2, 0.25) is 0 Å². The molecule has 0 unspecified atom stereocenters. The highest BCUT2D eigenvalue weighted by molar-refractivity contribution is 8.13. The molecule has 0 saturated carbocycles. The first-order valence-electron chi connectivity index (χ1n) is 4.51. The quantitative estimate of drug-likeness (QED) is 0.498. The Morgan fingerprint density at radius 1 is 1.54 bits per heavy atom. The molecule has 0 aromatic heterocycles. The third-order valence-corrected chi connectivity index (χ3v) is 2.58. The fraction of sp³-hybridized carbons (Fsp3) is 0.750. The highest BCUT2D eigenvalue weighted by Gasteiger charge is 2.18. The molecule has 2 N–H and O–H groups in total. The van der Waals surface area contributed by atoms with Gasteiger partial charge in [-0.2, -0.15) is 0 Å². The summed E-state index contributed by atoms with van der Waals surface area (Å²) < 4.78 is 0. The lowest BCUT2D eigenvalue weighted by Gasteiger charge is -2.15. The minimum atomic E-state index is -0.122. The first-order chi connectivity index (χ1) is 6.24. The summed E-state index contributed by atoms with van der Waals surface area (Å²) in [5, 5.41) is 10.2. The Balaban J connectivity index is 2.27. The molecule has 13 heavy (non-hydrogen) atoms. The minimum Gasteiger partial charge on any atom is -0.324 e. The number of carbonyl (C=O) groups is 1. The van der Waals surface area contributed by atoms with Crippen LogP contribution in [0.5, 0.6) is 0 Å². The van der Waals surface area contributed by atoms with E-state index >= 15 is 0 Å². The summed E-state index contributed by atoms with van der Waals surface area (Å²) >= 11 is 1.34. The number of carbonyl (C=O) groups excluding carboxylic acids is 1. The van der Waals surface area contributed by atoms with E-state index in [0.29, 0.717) is 0 Å². The van der Waals surface area contributed by atoms with Crippen molar-refractivity contribution in [2.24, 2.45) is 0 Å². The van der Waals surface area contributed by atoms with Gasteiger partial charge in [0, 0.05) is 13.1 Å². The van der Waals surface area contributed by atoms with E-state index in [1.807, 2.05) is 6.92 Å². The molecule has 4 nitrogen and oxygen atoms in total. The van der Waals surface area contributed by atoms with E-state index < -0.39 is 0 Å². The van der Waals surface area contributed by atoms with Gasteiger partial charge in [-0.1, -0.05) is 18.7 Å². The first kappa shape index (κ1) is 10.4. The van der Waals surface area contributed by atoms with Crippen LogP contribution in [0, 0.1) is 5.41 Å². The molecule has 74 valence electrons. The molecule has 1 saturated heterocycles. The van der Waals surface area contributed by atoms with E-state index in [-0.39, 0.29) is 11.2 Å². The molecule has 0 aromatic carbocycles. The summed E-state index contributed by atoms with van der Waals surface area (Å²) in [6.07, 6.45) is 2.17. The zero-order valence-corrected chi connectivity index (χ0v) is 8.62. The maximum absolute atomic E-state index is 11.4. The smallest absolute Gasteiger partial charge is 0.323 e. The standard InChI is InChI=1S/C8H15N3OS/c1-2-13-7(9)10-8(12)11-5-3-4-6-11/h2-6H2,1H3,(H2,9,10,12). The van der Waals surface area contributed by atoms with Gasteiger partial charge < -0.3 is 4.90 Å². The molecule has 1 fully saturated rings. The third-order valence-electron chi connectivity index (χ3n) is 1.90. The lowest BCUT2D eigenvalue weighted by molar-refractivity contribution is 0.214. The lowest BCUT2D eigenvalue weighted by Crippen LogP contribution is -2.40. The van der Waals surface area contributed by atoms with Crippen LogP contribution >= 0.6 is 11.8 Å². The number of nitrogens with one attached hydrogen (secondary N) is 2. The average Bonchev–Trinajstić information content (AvgIpc) is 2.55. The molecule has 0 spiro atoms. The van der Waals surface area contributed by atoms with Gasteiger partial charge in [0.25, 0.3) is 0 Å². The first-order valence-corrected chi connectivity index (χ1v) is 5.50. The summed E-state index contributed by atoms with van der Waals surface area (Å²) in [7, 11) is 0. The Hall–Kier alpha value is -0.710. The molecule has 5 heteroatoms. The fourth-order valence-corrected chi connectivity index (χ4v) is 1.72. The largest absolute Gasteiger partial charge is 0.324 e. The van der Waals surface area contributed by atoms with Crippen molar-refractivity contribution >= 4 is 23.0 Å². The van der Waals surface area contributed by atoms with E-state index in [1.54, 1.807) is 4.90 Å². The molecule has 0 aliphatic carbocycles. The molecule has 0 bridgehead atoms. The number of urea groups is 1. The van der Waals surface area contributed by atoms with Gasteiger partial charge in [0.05, 0.1) is 0 Å². The maximum atomic E-state index is 11.4. The topological polar surface area (TPSA) is 56.2 Å². The molecule has 1 aliphatic heterocycles. The van der Waals surface area contributed by atoms with Crippen molar-refractivity contribution in [1.82, 2.24) is 10.2 Å². The van der Waals surface area contributed by atoms with Crippen LogP contribution in [0.15, 0.2) is 0 Å². The Labute approximate surface area is 82.6 Å². The molecule has 1 heterocycles. The Morgan fingerprint density at radius 2 is 2.15 bits per heavy atom. The second kappa shape index (κ2) is 5.11. The summed E-state index contributed by atoms with van der Waals surface area (Å²) in [6, 6.07) is -0.122. The van der Waals surface area contributed by atoms with Crippen molar-refractivity contribution in [3.05, 3.63) is 0 Å². The van der Waals surface area contributed by atoms with E-state index in [0.717, 1.165) is 31.7 Å². The number of hydrogen-bond donors (Lipinski definition) is 2. The number of amidine groups is 1. The van der Waals surface area contributed by atoms with Crippen LogP contribution in [0.3, 0.4) is 0 Å². The monoisotopic (exact) mass is 201 g/mol. The number of hydrogen-bond acceptors (Lipinski definition) is 3. The molecular formula is C8H15N3OS. The van der Waals surface area contributed by atoms with Crippen molar-refractivity contribution in [3.8, 4) is 0 Å². The second-order valence-electron chi connectivity index (χ2n) is 2.89. The molecular weight excluding hydrogens is 186 g/mol. The van der Waals surface area contributed by atoms with Crippen LogP contribution in [0.1, 0.15) is 19.8 Å². The lowest BCUT2D eigenvalue weighted by atomic mass is 10.4. The summed E-state index contributed by atoms with van der Waals surface area (Å²) in [6.45, 7) is 3.62. The predicted octanol–water partition coefficient (Wildman–Crippen LogP) is 1.48. The van der Waals surface area contributed by atoms with E-state index in [4.69, 9.17) is 5.41 Å². The molecule has 0 atom stereocenters. The van der Waals surface area contributed by atoms with Crippen molar-refractivity contribution in [1.29, 1.82) is 5.41 Å². The van der Waals surface area contributed by atoms with Crippen LogP contribution in [0.4, 0.5) is 4.79 Å². The van der Waals surface area contributed by atoms with Crippen molar-refractivity contribution < 1.29 is 4.79 Å². The summed E-state index contributed by atoms with van der Waals surface area (Å²) in [4.78, 5) is 13.1. The summed E-state index contributed by atoms with van der Waals surface area (Å²) in [5.74, 6) is 0.819. The third kappa shape index (κ3) is 3.26. The van der Waals surface area contributed by atoms with Gasteiger partial charge in [0.15, 0.2) is 5.17 Å². The van der Waals surface area contributed by atoms with Crippen molar-refractivity contribution in [3.63, 3.8) is 0 Å². The maximum Gasteiger partial charge on any atom is 0.323 e. The normalized spacial score (nSPS) is 15.9. The number of likely N-dealkylation sites (tertiary alicyclic amines) is 1. The van der Waals surface area contributed by atoms with Crippen LogP contribution in [0.2, 0.25) is 0 Å². The van der Waals surface area contributed by atoms with Gasteiger partial charge in [0.1, 0.15) is 0 Å². The van der Waals surface area contributed by atoms with Gasteiger partial charge in [-0.3, -0.25) is 10.7 Å². The summed E-state index contributed by atoms with van der Waals surface area (Å²) in [5.41, 5.74) is 0. The predicted molar refractivity (Wildman–Crippen MR) is 55.2 cm³/mol.